The molecule has 3 heteroatoms. The third-order valence-corrected chi connectivity index (χ3v) is 10.0. The van der Waals surface area contributed by atoms with E-state index in [0.717, 1.165) is 67.4 Å². The van der Waals surface area contributed by atoms with Crippen molar-refractivity contribution in [2.75, 3.05) is 0 Å². The first kappa shape index (κ1) is 31.0. The molecule has 2 heterocycles. The van der Waals surface area contributed by atoms with Gasteiger partial charge in [0, 0.05) is 22.3 Å². The Morgan fingerprint density at radius 2 is 0.942 bits per heavy atom. The molecule has 0 fully saturated rings. The topological polar surface area (TPSA) is 26.5 Å². The fourth-order valence-corrected chi connectivity index (χ4v) is 7.57. The molecule has 0 aliphatic carbocycles. The fraction of sp³-hybridized carbons (Fsp3) is 0.0204. The Kier molecular flexibility index (Phi) is 7.76. The molecule has 0 spiro atoms. The van der Waals surface area contributed by atoms with Gasteiger partial charge in [-0.2, -0.15) is 0 Å². The SMILES string of the molecule is [C-]#[N+]c1ccc(-c2cc(-c3ccccc3)nc(-c3cccc(-c4ccc5c(c4)C(c4ccccc4)(c4ccccc4)c4ccccc4O5)c3)c2)cc1. The number of hydrogen-bond acceptors (Lipinski definition) is 2. The largest absolute Gasteiger partial charge is 0.457 e. The summed E-state index contributed by atoms with van der Waals surface area (Å²) in [7, 11) is 0. The van der Waals surface area contributed by atoms with Gasteiger partial charge < -0.3 is 4.74 Å². The number of benzene rings is 7. The van der Waals surface area contributed by atoms with Gasteiger partial charge >= 0.3 is 0 Å². The molecule has 0 radical (unpaired) electrons. The molecular formula is C49H32N2O. The van der Waals surface area contributed by atoms with Crippen molar-refractivity contribution in [1.82, 2.24) is 4.98 Å². The first-order valence-corrected chi connectivity index (χ1v) is 17.4. The zero-order valence-electron chi connectivity index (χ0n) is 28.3. The van der Waals surface area contributed by atoms with Crippen molar-refractivity contribution >= 4 is 5.69 Å². The lowest BCUT2D eigenvalue weighted by Crippen LogP contribution is -2.34. The Balaban J connectivity index is 1.21. The van der Waals surface area contributed by atoms with Crippen molar-refractivity contribution in [1.29, 1.82) is 0 Å². The summed E-state index contributed by atoms with van der Waals surface area (Å²) >= 11 is 0. The van der Waals surface area contributed by atoms with Gasteiger partial charge in [-0.15, -0.1) is 0 Å². The molecule has 0 bridgehead atoms. The maximum absolute atomic E-state index is 7.40. The number of aromatic nitrogens is 1. The summed E-state index contributed by atoms with van der Waals surface area (Å²) in [5.41, 5.74) is 12.7. The second-order valence-corrected chi connectivity index (χ2v) is 13.0. The van der Waals surface area contributed by atoms with Gasteiger partial charge in [0.25, 0.3) is 0 Å². The highest BCUT2D eigenvalue weighted by atomic mass is 16.5. The van der Waals surface area contributed by atoms with Gasteiger partial charge in [0.15, 0.2) is 5.69 Å². The first-order chi connectivity index (χ1) is 25.7. The van der Waals surface area contributed by atoms with Crippen LogP contribution in [0, 0.1) is 6.57 Å². The number of para-hydroxylation sites is 1. The molecule has 244 valence electrons. The highest BCUT2D eigenvalue weighted by molar-refractivity contribution is 5.80. The van der Waals surface area contributed by atoms with Gasteiger partial charge in [-0.25, -0.2) is 9.83 Å². The molecule has 0 amide bonds. The minimum atomic E-state index is -0.594. The van der Waals surface area contributed by atoms with E-state index >= 15 is 0 Å². The number of rotatable bonds is 6. The van der Waals surface area contributed by atoms with E-state index < -0.39 is 5.41 Å². The fourth-order valence-electron chi connectivity index (χ4n) is 7.57. The molecule has 52 heavy (non-hydrogen) atoms. The van der Waals surface area contributed by atoms with Crippen molar-refractivity contribution in [2.24, 2.45) is 0 Å². The quantitative estimate of drug-likeness (QED) is 0.165. The van der Waals surface area contributed by atoms with Gasteiger partial charge in [0.2, 0.25) is 0 Å². The lowest BCUT2D eigenvalue weighted by Gasteiger charge is -2.41. The van der Waals surface area contributed by atoms with Crippen molar-refractivity contribution in [3.05, 3.63) is 228 Å². The molecule has 7 aromatic carbocycles. The predicted octanol–water partition coefficient (Wildman–Crippen LogP) is 12.8. The van der Waals surface area contributed by atoms with Gasteiger partial charge in [-0.05, 0) is 69.8 Å². The molecular weight excluding hydrogens is 633 g/mol. The number of fused-ring (bicyclic) bond motifs is 2. The maximum Gasteiger partial charge on any atom is 0.187 e. The number of nitrogens with zero attached hydrogens (tertiary/aromatic N) is 2. The van der Waals surface area contributed by atoms with E-state index in [1.807, 2.05) is 48.5 Å². The number of pyridine rings is 1. The highest BCUT2D eigenvalue weighted by Gasteiger charge is 2.45. The maximum atomic E-state index is 7.40. The van der Waals surface area contributed by atoms with Crippen LogP contribution in [0.4, 0.5) is 5.69 Å². The van der Waals surface area contributed by atoms with Crippen LogP contribution in [-0.2, 0) is 5.41 Å². The minimum absolute atomic E-state index is 0.594. The average molecular weight is 665 g/mol. The Morgan fingerprint density at radius 1 is 0.404 bits per heavy atom. The zero-order valence-corrected chi connectivity index (χ0v) is 28.3. The van der Waals surface area contributed by atoms with Crippen molar-refractivity contribution < 1.29 is 4.74 Å². The summed E-state index contributed by atoms with van der Waals surface area (Å²) in [6.07, 6.45) is 0. The van der Waals surface area contributed by atoms with E-state index in [0.29, 0.717) is 5.69 Å². The monoisotopic (exact) mass is 664 g/mol. The van der Waals surface area contributed by atoms with E-state index in [1.54, 1.807) is 0 Å². The van der Waals surface area contributed by atoms with Crippen LogP contribution in [0.5, 0.6) is 11.5 Å². The third kappa shape index (κ3) is 5.35. The summed E-state index contributed by atoms with van der Waals surface area (Å²) in [6, 6.07) is 67.5. The summed E-state index contributed by atoms with van der Waals surface area (Å²) < 4.78 is 6.66. The Hall–Kier alpha value is -7.02. The lowest BCUT2D eigenvalue weighted by atomic mass is 9.63. The second-order valence-electron chi connectivity index (χ2n) is 13.0. The van der Waals surface area contributed by atoms with Gasteiger partial charge in [0.05, 0.1) is 23.4 Å². The van der Waals surface area contributed by atoms with E-state index in [9.17, 15) is 0 Å². The summed E-state index contributed by atoms with van der Waals surface area (Å²) in [5, 5.41) is 0. The molecule has 9 rings (SSSR count). The van der Waals surface area contributed by atoms with Crippen molar-refractivity contribution in [2.45, 2.75) is 5.41 Å². The number of hydrogen-bond donors (Lipinski definition) is 0. The van der Waals surface area contributed by atoms with E-state index in [4.69, 9.17) is 16.3 Å². The van der Waals surface area contributed by atoms with Crippen LogP contribution in [0.25, 0.3) is 49.6 Å². The predicted molar refractivity (Wildman–Crippen MR) is 211 cm³/mol. The molecule has 1 aliphatic rings. The van der Waals surface area contributed by atoms with Crippen LogP contribution in [-0.4, -0.2) is 4.98 Å². The van der Waals surface area contributed by atoms with Crippen LogP contribution >= 0.6 is 0 Å². The summed E-state index contributed by atoms with van der Waals surface area (Å²) in [6.45, 7) is 7.40. The van der Waals surface area contributed by atoms with E-state index in [2.05, 4.69) is 150 Å². The highest BCUT2D eigenvalue weighted by Crippen LogP contribution is 2.55. The summed E-state index contributed by atoms with van der Waals surface area (Å²) in [5.74, 6) is 1.71. The van der Waals surface area contributed by atoms with Crippen molar-refractivity contribution in [3.63, 3.8) is 0 Å². The smallest absolute Gasteiger partial charge is 0.187 e. The van der Waals surface area contributed by atoms with Crippen LogP contribution in [0.2, 0.25) is 0 Å². The lowest BCUT2D eigenvalue weighted by molar-refractivity contribution is 0.434. The molecule has 1 aliphatic heterocycles. The minimum Gasteiger partial charge on any atom is -0.457 e. The molecule has 1 aromatic heterocycles. The van der Waals surface area contributed by atoms with Crippen LogP contribution in [0.15, 0.2) is 194 Å². The van der Waals surface area contributed by atoms with Crippen molar-refractivity contribution in [3.8, 4) is 56.3 Å². The van der Waals surface area contributed by atoms with Gasteiger partial charge in [-0.3, -0.25) is 0 Å². The van der Waals surface area contributed by atoms with Crippen LogP contribution in [0.3, 0.4) is 0 Å². The van der Waals surface area contributed by atoms with E-state index in [1.165, 1.54) is 11.1 Å². The Bertz CT molecular complexity index is 2550. The molecule has 0 N–H and O–H groups in total. The van der Waals surface area contributed by atoms with E-state index in [-0.39, 0.29) is 0 Å². The molecule has 0 saturated carbocycles. The van der Waals surface area contributed by atoms with Gasteiger partial charge in [-0.1, -0.05) is 158 Å². The third-order valence-electron chi connectivity index (χ3n) is 10.0. The normalized spacial score (nSPS) is 12.5. The van der Waals surface area contributed by atoms with Crippen LogP contribution < -0.4 is 4.74 Å². The first-order valence-electron chi connectivity index (χ1n) is 17.4. The molecule has 8 aromatic rings. The molecule has 0 saturated heterocycles. The standard InChI is InChI=1S/C49H32N2O/c1-50-42-27-24-34(25-28-42)39-32-45(35-14-5-2-6-15-35)51-46(33-39)38-17-13-16-36(30-38)37-26-29-48-44(31-37)49(40-18-7-3-8-19-40,41-20-9-4-10-21-41)43-22-11-12-23-47(43)52-48/h2-33H. The van der Waals surface area contributed by atoms with Gasteiger partial charge in [0.1, 0.15) is 11.5 Å². The average Bonchev–Trinajstić information content (AvgIpc) is 3.23. The number of ether oxygens (including phenoxy) is 1. The van der Waals surface area contributed by atoms with Crippen LogP contribution in [0.1, 0.15) is 22.3 Å². The zero-order chi connectivity index (χ0) is 34.9. The Labute approximate surface area is 303 Å². The molecule has 0 atom stereocenters. The molecule has 3 nitrogen and oxygen atoms in total. The second kappa shape index (κ2) is 13.0. The Morgan fingerprint density at radius 3 is 1.63 bits per heavy atom. The molecule has 0 unspecified atom stereocenters. The summed E-state index contributed by atoms with van der Waals surface area (Å²) in [4.78, 5) is 8.78.